The Morgan fingerprint density at radius 3 is 2.30 bits per heavy atom. The van der Waals surface area contributed by atoms with Crippen molar-refractivity contribution in [2.24, 2.45) is 0 Å². The zero-order valence-corrected chi connectivity index (χ0v) is 12.9. The summed E-state index contributed by atoms with van der Waals surface area (Å²) in [5, 5.41) is 4.73. The zero-order chi connectivity index (χ0) is 14.2. The Morgan fingerprint density at radius 2 is 1.70 bits per heavy atom. The molecule has 104 valence electrons. The van der Waals surface area contributed by atoms with Gasteiger partial charge in [-0.15, -0.1) is 0 Å². The lowest BCUT2D eigenvalue weighted by atomic mass is 9.84. The van der Waals surface area contributed by atoms with E-state index in [-0.39, 0.29) is 11.5 Å². The third-order valence-electron chi connectivity index (χ3n) is 4.27. The van der Waals surface area contributed by atoms with Crippen molar-refractivity contribution in [1.29, 1.82) is 0 Å². The second-order valence-corrected chi connectivity index (χ2v) is 6.17. The van der Waals surface area contributed by atoms with Gasteiger partial charge < -0.3 is 5.32 Å². The monoisotopic (exact) mass is 305 g/mol. The topological polar surface area (TPSA) is 12.0 Å². The summed E-state index contributed by atoms with van der Waals surface area (Å²) in [7, 11) is 1.99. The summed E-state index contributed by atoms with van der Waals surface area (Å²) in [6.45, 7) is 0. The average molecular weight is 306 g/mol. The molecule has 3 heteroatoms. The molecular weight excluding hydrogens is 289 g/mol. The van der Waals surface area contributed by atoms with Crippen molar-refractivity contribution < 1.29 is 0 Å². The van der Waals surface area contributed by atoms with E-state index in [0.29, 0.717) is 10.0 Å². The minimum absolute atomic E-state index is 0.143. The molecule has 2 aromatic carbocycles. The molecule has 0 aromatic heterocycles. The highest BCUT2D eigenvalue weighted by Crippen LogP contribution is 2.57. The van der Waals surface area contributed by atoms with E-state index in [2.05, 4.69) is 41.7 Å². The lowest BCUT2D eigenvalue weighted by Gasteiger charge is -2.28. The highest BCUT2D eigenvalue weighted by molar-refractivity contribution is 6.42. The Labute approximate surface area is 129 Å². The second-order valence-electron chi connectivity index (χ2n) is 5.39. The largest absolute Gasteiger partial charge is 0.312 e. The van der Waals surface area contributed by atoms with Gasteiger partial charge in [0.05, 0.1) is 10.0 Å². The molecule has 1 aliphatic rings. The summed E-state index contributed by atoms with van der Waals surface area (Å²) in [5.74, 6) is 0. The molecule has 1 aliphatic carbocycles. The van der Waals surface area contributed by atoms with Gasteiger partial charge in [0, 0.05) is 11.5 Å². The Balaban J connectivity index is 2.05. The third kappa shape index (κ3) is 2.24. The number of benzene rings is 2. The van der Waals surface area contributed by atoms with Crippen LogP contribution in [0.4, 0.5) is 0 Å². The molecule has 20 heavy (non-hydrogen) atoms. The van der Waals surface area contributed by atoms with E-state index in [1.807, 2.05) is 19.2 Å². The van der Waals surface area contributed by atoms with E-state index in [4.69, 9.17) is 23.2 Å². The number of hydrogen-bond donors (Lipinski definition) is 1. The fourth-order valence-electron chi connectivity index (χ4n) is 3.12. The molecule has 1 atom stereocenters. The first-order chi connectivity index (χ1) is 9.69. The van der Waals surface area contributed by atoms with Crippen LogP contribution in [0.25, 0.3) is 0 Å². The van der Waals surface area contributed by atoms with Gasteiger partial charge in [-0.05, 0) is 37.1 Å². The van der Waals surface area contributed by atoms with Crippen LogP contribution in [0, 0.1) is 0 Å². The molecule has 1 fully saturated rings. The molecule has 1 unspecified atom stereocenters. The standard InChI is InChI=1S/C17H17Cl2N/c1-20-16(13-8-5-9-14(18)15(13)19)17(10-11-17)12-6-3-2-4-7-12/h2-9,16,20H,10-11H2,1H3. The fraction of sp³-hybridized carbons (Fsp3) is 0.294. The van der Waals surface area contributed by atoms with Gasteiger partial charge in [0.15, 0.2) is 0 Å². The Bertz CT molecular complexity index is 606. The minimum atomic E-state index is 0.143. The van der Waals surface area contributed by atoms with Crippen LogP contribution in [-0.2, 0) is 5.41 Å². The molecule has 0 spiro atoms. The lowest BCUT2D eigenvalue weighted by Crippen LogP contribution is -2.30. The minimum Gasteiger partial charge on any atom is -0.312 e. The molecule has 0 radical (unpaired) electrons. The van der Waals surface area contributed by atoms with Crippen molar-refractivity contribution in [3.63, 3.8) is 0 Å². The van der Waals surface area contributed by atoms with Crippen molar-refractivity contribution in [3.8, 4) is 0 Å². The van der Waals surface area contributed by atoms with Crippen molar-refractivity contribution in [3.05, 3.63) is 69.7 Å². The van der Waals surface area contributed by atoms with Crippen molar-refractivity contribution in [2.45, 2.75) is 24.3 Å². The molecule has 1 nitrogen and oxygen atoms in total. The molecule has 0 bridgehead atoms. The van der Waals surface area contributed by atoms with Gasteiger partial charge >= 0.3 is 0 Å². The average Bonchev–Trinajstić information content (AvgIpc) is 3.27. The maximum atomic E-state index is 6.42. The number of halogens is 2. The molecule has 0 heterocycles. The Morgan fingerprint density at radius 1 is 1.00 bits per heavy atom. The first-order valence-corrected chi connectivity index (χ1v) is 7.61. The summed E-state index contributed by atoms with van der Waals surface area (Å²) in [6.07, 6.45) is 2.34. The SMILES string of the molecule is CNC(c1cccc(Cl)c1Cl)C1(c2ccccc2)CC1. The molecule has 0 saturated heterocycles. The van der Waals surface area contributed by atoms with E-state index in [1.165, 1.54) is 18.4 Å². The van der Waals surface area contributed by atoms with E-state index in [1.54, 1.807) is 0 Å². The van der Waals surface area contributed by atoms with Crippen LogP contribution in [0.3, 0.4) is 0 Å². The van der Waals surface area contributed by atoms with Gasteiger partial charge in [-0.3, -0.25) is 0 Å². The third-order valence-corrected chi connectivity index (χ3v) is 5.10. The molecule has 1 saturated carbocycles. The fourth-order valence-corrected chi connectivity index (χ4v) is 3.54. The molecule has 0 aliphatic heterocycles. The number of hydrogen-bond acceptors (Lipinski definition) is 1. The highest BCUT2D eigenvalue weighted by Gasteiger charge is 2.51. The maximum Gasteiger partial charge on any atom is 0.0640 e. The second kappa shape index (κ2) is 5.40. The van der Waals surface area contributed by atoms with Gasteiger partial charge in [0.25, 0.3) is 0 Å². The van der Waals surface area contributed by atoms with Gasteiger partial charge in [-0.2, -0.15) is 0 Å². The van der Waals surface area contributed by atoms with Gasteiger partial charge in [-0.25, -0.2) is 0 Å². The number of rotatable bonds is 4. The van der Waals surface area contributed by atoms with Crippen LogP contribution in [0.5, 0.6) is 0 Å². The molecule has 3 rings (SSSR count). The highest BCUT2D eigenvalue weighted by atomic mass is 35.5. The van der Waals surface area contributed by atoms with Crippen LogP contribution in [0.2, 0.25) is 10.0 Å². The Kier molecular flexibility index (Phi) is 3.76. The number of nitrogens with one attached hydrogen (secondary N) is 1. The van der Waals surface area contributed by atoms with E-state index in [0.717, 1.165) is 5.56 Å². The summed E-state index contributed by atoms with van der Waals surface area (Å²) in [4.78, 5) is 0. The number of likely N-dealkylation sites (N-methyl/N-ethyl adjacent to an activating group) is 1. The van der Waals surface area contributed by atoms with Crippen LogP contribution in [0.1, 0.15) is 30.0 Å². The molecular formula is C17H17Cl2N. The Hall–Kier alpha value is -1.02. The van der Waals surface area contributed by atoms with E-state index >= 15 is 0 Å². The molecule has 2 aromatic rings. The zero-order valence-electron chi connectivity index (χ0n) is 11.4. The first-order valence-electron chi connectivity index (χ1n) is 6.86. The molecule has 1 N–H and O–H groups in total. The van der Waals surface area contributed by atoms with Crippen LogP contribution in [-0.4, -0.2) is 7.05 Å². The lowest BCUT2D eigenvalue weighted by molar-refractivity contribution is 0.463. The summed E-state index contributed by atoms with van der Waals surface area (Å²) < 4.78 is 0. The predicted molar refractivity (Wildman–Crippen MR) is 85.6 cm³/mol. The van der Waals surface area contributed by atoms with Crippen molar-refractivity contribution in [2.75, 3.05) is 7.05 Å². The predicted octanol–water partition coefficient (Wildman–Crippen LogP) is 4.99. The smallest absolute Gasteiger partial charge is 0.0640 e. The van der Waals surface area contributed by atoms with Crippen LogP contribution < -0.4 is 5.32 Å². The summed E-state index contributed by atoms with van der Waals surface area (Å²) in [5.41, 5.74) is 2.60. The van der Waals surface area contributed by atoms with Crippen LogP contribution >= 0.6 is 23.2 Å². The van der Waals surface area contributed by atoms with Gasteiger partial charge in [-0.1, -0.05) is 65.7 Å². The quantitative estimate of drug-likeness (QED) is 0.839. The normalized spacial score (nSPS) is 17.8. The first kappa shape index (κ1) is 13.9. The van der Waals surface area contributed by atoms with Crippen molar-refractivity contribution >= 4 is 23.2 Å². The van der Waals surface area contributed by atoms with E-state index in [9.17, 15) is 0 Å². The van der Waals surface area contributed by atoms with Crippen LogP contribution in [0.15, 0.2) is 48.5 Å². The molecule has 0 amide bonds. The van der Waals surface area contributed by atoms with Gasteiger partial charge in [0.2, 0.25) is 0 Å². The summed E-state index contributed by atoms with van der Waals surface area (Å²) >= 11 is 12.6. The van der Waals surface area contributed by atoms with Gasteiger partial charge in [0.1, 0.15) is 0 Å². The maximum absolute atomic E-state index is 6.42. The van der Waals surface area contributed by atoms with Crippen molar-refractivity contribution in [1.82, 2.24) is 5.32 Å². The summed E-state index contributed by atoms with van der Waals surface area (Å²) in [6, 6.07) is 16.7. The van der Waals surface area contributed by atoms with E-state index < -0.39 is 0 Å².